The summed E-state index contributed by atoms with van der Waals surface area (Å²) in [5.41, 5.74) is 5.36. The number of thiazole rings is 1. The van der Waals surface area contributed by atoms with Crippen LogP contribution in [0.3, 0.4) is 0 Å². The van der Waals surface area contributed by atoms with Crippen molar-refractivity contribution >= 4 is 22.7 Å². The van der Waals surface area contributed by atoms with Crippen LogP contribution in [0.15, 0.2) is 52.9 Å². The molecule has 7 nitrogen and oxygen atoms in total. The molecule has 0 aliphatic carbocycles. The van der Waals surface area contributed by atoms with E-state index in [-0.39, 0.29) is 12.5 Å². The molecule has 0 saturated heterocycles. The summed E-state index contributed by atoms with van der Waals surface area (Å²) in [5.74, 6) is 2.04. The van der Waals surface area contributed by atoms with Crippen molar-refractivity contribution in [3.05, 3.63) is 52.9 Å². The molecule has 0 fully saturated rings. The number of benzene rings is 2. The topological polar surface area (TPSA) is 88.8 Å². The van der Waals surface area contributed by atoms with Crippen molar-refractivity contribution in [3.63, 3.8) is 0 Å². The Hall–Kier alpha value is -3.57. The van der Waals surface area contributed by atoms with Gasteiger partial charge in [0, 0.05) is 10.9 Å². The lowest BCUT2D eigenvalue weighted by Gasteiger charge is -2.06. The zero-order valence-corrected chi connectivity index (χ0v) is 15.1. The van der Waals surface area contributed by atoms with Crippen LogP contribution in [0.2, 0.25) is 0 Å². The van der Waals surface area contributed by atoms with E-state index >= 15 is 0 Å². The first-order valence-corrected chi connectivity index (χ1v) is 8.89. The van der Waals surface area contributed by atoms with Gasteiger partial charge in [-0.3, -0.25) is 5.43 Å². The van der Waals surface area contributed by atoms with Crippen molar-refractivity contribution in [3.8, 4) is 34.6 Å². The van der Waals surface area contributed by atoms with Crippen LogP contribution in [0.1, 0.15) is 5.01 Å². The van der Waals surface area contributed by atoms with E-state index in [1.165, 1.54) is 11.3 Å². The fraction of sp³-hybridized carbons (Fsp3) is 0.105. The third-order valence-electron chi connectivity index (χ3n) is 3.88. The first-order valence-electron chi connectivity index (χ1n) is 8.01. The average molecular weight is 378 g/mol. The van der Waals surface area contributed by atoms with Crippen LogP contribution in [-0.2, 0) is 0 Å². The van der Waals surface area contributed by atoms with Crippen LogP contribution >= 0.6 is 11.3 Å². The molecule has 4 rings (SSSR count). The number of para-hydroxylation sites is 2. The number of methoxy groups -OCH3 is 1. The molecular formula is C19H14N4O3S. The van der Waals surface area contributed by atoms with E-state index in [1.807, 2.05) is 47.8 Å². The summed E-state index contributed by atoms with van der Waals surface area (Å²) in [6, 6.07) is 15.0. The van der Waals surface area contributed by atoms with E-state index < -0.39 is 0 Å². The SMILES string of the molecule is COc1ccccc1N/N=C(/C#N)c1nc(-c2ccc3c(c2)OCO3)cs1. The highest BCUT2D eigenvalue weighted by molar-refractivity contribution is 7.12. The van der Waals surface area contributed by atoms with Crippen molar-refractivity contribution in [2.75, 3.05) is 19.3 Å². The van der Waals surface area contributed by atoms with Gasteiger partial charge in [0.1, 0.15) is 11.8 Å². The van der Waals surface area contributed by atoms with Gasteiger partial charge in [-0.05, 0) is 30.3 Å². The third kappa shape index (κ3) is 3.41. The number of anilines is 1. The summed E-state index contributed by atoms with van der Waals surface area (Å²) < 4.78 is 16.0. The molecule has 0 spiro atoms. The molecule has 27 heavy (non-hydrogen) atoms. The van der Waals surface area contributed by atoms with Crippen LogP contribution < -0.4 is 19.6 Å². The van der Waals surface area contributed by atoms with Gasteiger partial charge in [-0.15, -0.1) is 11.3 Å². The Morgan fingerprint density at radius 1 is 1.26 bits per heavy atom. The zero-order chi connectivity index (χ0) is 18.6. The number of nitrogens with zero attached hydrogens (tertiary/aromatic N) is 3. The van der Waals surface area contributed by atoms with Crippen molar-refractivity contribution in [1.29, 1.82) is 5.26 Å². The number of ether oxygens (including phenoxy) is 3. The van der Waals surface area contributed by atoms with Crippen LogP contribution in [0.4, 0.5) is 5.69 Å². The van der Waals surface area contributed by atoms with Crippen LogP contribution in [-0.4, -0.2) is 24.6 Å². The Kier molecular flexibility index (Phi) is 4.60. The van der Waals surface area contributed by atoms with Gasteiger partial charge in [0.25, 0.3) is 0 Å². The number of hydrogen-bond donors (Lipinski definition) is 1. The smallest absolute Gasteiger partial charge is 0.231 e. The second-order valence-electron chi connectivity index (χ2n) is 5.49. The lowest BCUT2D eigenvalue weighted by molar-refractivity contribution is 0.174. The number of aromatic nitrogens is 1. The quantitative estimate of drug-likeness (QED) is 0.535. The molecule has 0 radical (unpaired) electrons. The molecular weight excluding hydrogens is 364 g/mol. The number of hydrazone groups is 1. The van der Waals surface area contributed by atoms with Crippen LogP contribution in [0.25, 0.3) is 11.3 Å². The van der Waals surface area contributed by atoms with Gasteiger partial charge in [0.2, 0.25) is 6.79 Å². The molecule has 2 aromatic carbocycles. The Morgan fingerprint density at radius 3 is 2.96 bits per heavy atom. The molecule has 0 atom stereocenters. The largest absolute Gasteiger partial charge is 0.495 e. The van der Waals surface area contributed by atoms with Gasteiger partial charge in [-0.25, -0.2) is 4.98 Å². The van der Waals surface area contributed by atoms with Crippen molar-refractivity contribution in [2.24, 2.45) is 5.10 Å². The lowest BCUT2D eigenvalue weighted by Crippen LogP contribution is -2.02. The molecule has 0 unspecified atom stereocenters. The minimum atomic E-state index is 0.192. The van der Waals surface area contributed by atoms with E-state index in [2.05, 4.69) is 21.6 Å². The molecule has 2 heterocycles. The van der Waals surface area contributed by atoms with Gasteiger partial charge < -0.3 is 14.2 Å². The standard InChI is InChI=1S/C19H14N4O3S/c1-24-16-5-3-2-4-13(16)22-23-14(9-20)19-21-15(10-27-19)12-6-7-17-18(8-12)26-11-25-17/h2-8,10,22H,11H2,1H3/b23-14-. The fourth-order valence-electron chi connectivity index (χ4n) is 2.54. The van der Waals surface area contributed by atoms with E-state index in [1.54, 1.807) is 7.11 Å². The van der Waals surface area contributed by atoms with Crippen molar-refractivity contribution in [1.82, 2.24) is 4.98 Å². The monoisotopic (exact) mass is 378 g/mol. The Morgan fingerprint density at radius 2 is 2.11 bits per heavy atom. The number of nitriles is 1. The van der Waals surface area contributed by atoms with Crippen LogP contribution in [0.5, 0.6) is 17.2 Å². The first kappa shape index (κ1) is 16.9. The zero-order valence-electron chi connectivity index (χ0n) is 14.3. The Bertz CT molecular complexity index is 1060. The second kappa shape index (κ2) is 7.35. The van der Waals surface area contributed by atoms with Crippen molar-refractivity contribution < 1.29 is 14.2 Å². The molecule has 1 aromatic heterocycles. The van der Waals surface area contributed by atoms with Gasteiger partial charge in [0.05, 0.1) is 18.5 Å². The van der Waals surface area contributed by atoms with Gasteiger partial charge in [0.15, 0.2) is 22.2 Å². The summed E-state index contributed by atoms with van der Waals surface area (Å²) in [5, 5.41) is 16.1. The summed E-state index contributed by atoms with van der Waals surface area (Å²) in [4.78, 5) is 4.53. The number of fused-ring (bicyclic) bond motifs is 1. The molecule has 0 bridgehead atoms. The normalized spacial score (nSPS) is 12.5. The lowest BCUT2D eigenvalue weighted by atomic mass is 10.1. The molecule has 1 aliphatic rings. The second-order valence-corrected chi connectivity index (χ2v) is 6.35. The summed E-state index contributed by atoms with van der Waals surface area (Å²) in [6.07, 6.45) is 0. The van der Waals surface area contributed by atoms with E-state index in [4.69, 9.17) is 14.2 Å². The molecule has 8 heteroatoms. The maximum absolute atomic E-state index is 9.47. The summed E-state index contributed by atoms with van der Waals surface area (Å²) >= 11 is 1.35. The fourth-order valence-corrected chi connectivity index (χ4v) is 3.31. The first-order chi connectivity index (χ1) is 13.3. The Labute approximate surface area is 159 Å². The number of hydrogen-bond acceptors (Lipinski definition) is 8. The molecule has 3 aromatic rings. The van der Waals surface area contributed by atoms with E-state index in [0.717, 1.165) is 17.0 Å². The van der Waals surface area contributed by atoms with Gasteiger partial charge >= 0.3 is 0 Å². The number of nitrogens with one attached hydrogen (secondary N) is 1. The highest BCUT2D eigenvalue weighted by Gasteiger charge is 2.16. The van der Waals surface area contributed by atoms with Gasteiger partial charge in [-0.2, -0.15) is 10.4 Å². The number of rotatable bonds is 5. The third-order valence-corrected chi connectivity index (χ3v) is 4.73. The van der Waals surface area contributed by atoms with Crippen molar-refractivity contribution in [2.45, 2.75) is 0 Å². The minimum absolute atomic E-state index is 0.192. The van der Waals surface area contributed by atoms with Gasteiger partial charge in [-0.1, -0.05) is 12.1 Å². The predicted octanol–water partition coefficient (Wildman–Crippen LogP) is 3.89. The molecule has 0 amide bonds. The molecule has 1 N–H and O–H groups in total. The van der Waals surface area contributed by atoms with E-state index in [9.17, 15) is 5.26 Å². The molecule has 1 aliphatic heterocycles. The van der Waals surface area contributed by atoms with Crippen LogP contribution in [0, 0.1) is 11.3 Å². The highest BCUT2D eigenvalue weighted by atomic mass is 32.1. The minimum Gasteiger partial charge on any atom is -0.495 e. The maximum atomic E-state index is 9.47. The summed E-state index contributed by atoms with van der Waals surface area (Å²) in [6.45, 7) is 0.223. The predicted molar refractivity (Wildman–Crippen MR) is 102 cm³/mol. The maximum Gasteiger partial charge on any atom is 0.231 e. The van der Waals surface area contributed by atoms with E-state index in [0.29, 0.717) is 22.2 Å². The average Bonchev–Trinajstić information content (AvgIpc) is 3.38. The molecule has 0 saturated carbocycles. The molecule has 134 valence electrons. The highest BCUT2D eigenvalue weighted by Crippen LogP contribution is 2.36. The Balaban J connectivity index is 1.58. The summed E-state index contributed by atoms with van der Waals surface area (Å²) in [7, 11) is 1.58.